The number of amides is 1. The van der Waals surface area contributed by atoms with E-state index in [0.29, 0.717) is 34.5 Å². The minimum Gasteiger partial charge on any atom is -0.494 e. The number of carbonyl (C=O) groups excluding carboxylic acids is 1. The summed E-state index contributed by atoms with van der Waals surface area (Å²) in [5.41, 5.74) is 1.40. The molecule has 7 heteroatoms. The summed E-state index contributed by atoms with van der Waals surface area (Å²) in [6.45, 7) is 4.89. The number of aromatic nitrogens is 1. The average Bonchev–Trinajstić information content (AvgIpc) is 3.24. The van der Waals surface area contributed by atoms with Crippen molar-refractivity contribution in [2.24, 2.45) is 0 Å². The highest BCUT2D eigenvalue weighted by molar-refractivity contribution is 7.17. The van der Waals surface area contributed by atoms with Gasteiger partial charge in [0.25, 0.3) is 5.91 Å². The predicted molar refractivity (Wildman–Crippen MR) is 98.4 cm³/mol. The molecule has 0 unspecified atom stereocenters. The van der Waals surface area contributed by atoms with Gasteiger partial charge in [0.1, 0.15) is 16.4 Å². The molecular weight excluding hydrogens is 338 g/mol. The molecule has 1 amide bonds. The van der Waals surface area contributed by atoms with Gasteiger partial charge in [-0.25, -0.2) is 4.98 Å². The zero-order valence-corrected chi connectivity index (χ0v) is 14.9. The fourth-order valence-corrected chi connectivity index (χ4v) is 3.10. The lowest BCUT2D eigenvalue weighted by molar-refractivity contribution is 0.103. The van der Waals surface area contributed by atoms with Crippen LogP contribution >= 0.6 is 11.3 Å². The number of rotatable bonds is 7. The molecule has 25 heavy (non-hydrogen) atoms. The molecule has 130 valence electrons. The number of nitrogens with one attached hydrogen (secondary N) is 2. The van der Waals surface area contributed by atoms with Gasteiger partial charge < -0.3 is 19.8 Å². The van der Waals surface area contributed by atoms with Crippen molar-refractivity contribution < 1.29 is 13.9 Å². The molecule has 2 heterocycles. The molecule has 0 aliphatic heterocycles. The number of benzene rings is 1. The molecule has 6 nitrogen and oxygen atoms in total. The Morgan fingerprint density at radius 3 is 2.76 bits per heavy atom. The average molecular weight is 357 g/mol. The number of carbonyl (C=O) groups is 1. The van der Waals surface area contributed by atoms with Crippen molar-refractivity contribution >= 4 is 28.1 Å². The molecule has 0 fully saturated rings. The summed E-state index contributed by atoms with van der Waals surface area (Å²) >= 11 is 1.32. The Hall–Kier alpha value is -2.80. The van der Waals surface area contributed by atoms with E-state index in [4.69, 9.17) is 9.15 Å². The van der Waals surface area contributed by atoms with Gasteiger partial charge in [-0.05, 0) is 50.2 Å². The first-order valence-corrected chi connectivity index (χ1v) is 8.75. The van der Waals surface area contributed by atoms with Crippen LogP contribution in [0.1, 0.15) is 28.0 Å². The first-order chi connectivity index (χ1) is 12.2. The Labute approximate surface area is 149 Å². The summed E-state index contributed by atoms with van der Waals surface area (Å²) in [4.78, 5) is 17.4. The topological polar surface area (TPSA) is 76.4 Å². The molecule has 0 spiro atoms. The number of anilines is 2. The zero-order chi connectivity index (χ0) is 17.6. The van der Waals surface area contributed by atoms with Gasteiger partial charge >= 0.3 is 0 Å². The molecular formula is C18H19N3O3S. The van der Waals surface area contributed by atoms with Gasteiger partial charge in [0.15, 0.2) is 5.13 Å². The third-order valence-corrected chi connectivity index (χ3v) is 4.53. The lowest BCUT2D eigenvalue weighted by Crippen LogP contribution is -2.11. The monoisotopic (exact) mass is 357 g/mol. The standard InChI is InChI=1S/C18H19N3O3S/c1-3-23-14-8-6-13(7-9-14)21-17(22)16-12(2)20-18(25-16)19-11-15-5-4-10-24-15/h4-10H,3,11H2,1-2H3,(H,19,20)(H,21,22). The van der Waals surface area contributed by atoms with E-state index in [1.165, 1.54) is 11.3 Å². The minimum atomic E-state index is -0.176. The van der Waals surface area contributed by atoms with E-state index in [-0.39, 0.29) is 5.91 Å². The summed E-state index contributed by atoms with van der Waals surface area (Å²) < 4.78 is 10.7. The van der Waals surface area contributed by atoms with E-state index >= 15 is 0 Å². The predicted octanol–water partition coefficient (Wildman–Crippen LogP) is 4.31. The first-order valence-electron chi connectivity index (χ1n) is 7.93. The number of ether oxygens (including phenoxy) is 1. The van der Waals surface area contributed by atoms with Crippen LogP contribution in [-0.2, 0) is 6.54 Å². The van der Waals surface area contributed by atoms with Crippen LogP contribution in [-0.4, -0.2) is 17.5 Å². The molecule has 0 saturated carbocycles. The van der Waals surface area contributed by atoms with Crippen LogP contribution < -0.4 is 15.4 Å². The number of aryl methyl sites for hydroxylation is 1. The van der Waals surface area contributed by atoms with Gasteiger partial charge in [-0.2, -0.15) is 0 Å². The normalized spacial score (nSPS) is 10.5. The van der Waals surface area contributed by atoms with Crippen LogP contribution in [0.15, 0.2) is 47.1 Å². The molecule has 3 rings (SSSR count). The van der Waals surface area contributed by atoms with Crippen molar-refractivity contribution in [1.82, 2.24) is 4.98 Å². The smallest absolute Gasteiger partial charge is 0.267 e. The third kappa shape index (κ3) is 4.39. The van der Waals surface area contributed by atoms with Crippen LogP contribution in [0.3, 0.4) is 0 Å². The van der Waals surface area contributed by atoms with Crippen LogP contribution in [0.2, 0.25) is 0 Å². The van der Waals surface area contributed by atoms with Gasteiger partial charge in [0.2, 0.25) is 0 Å². The second kappa shape index (κ2) is 7.85. The summed E-state index contributed by atoms with van der Waals surface area (Å²) in [5, 5.41) is 6.73. The summed E-state index contributed by atoms with van der Waals surface area (Å²) in [7, 11) is 0. The number of hydrogen-bond donors (Lipinski definition) is 2. The van der Waals surface area contributed by atoms with Gasteiger partial charge in [0, 0.05) is 5.69 Å². The zero-order valence-electron chi connectivity index (χ0n) is 14.0. The maximum absolute atomic E-state index is 12.5. The van der Waals surface area contributed by atoms with E-state index in [1.807, 2.05) is 50.2 Å². The fourth-order valence-electron chi connectivity index (χ4n) is 2.25. The largest absolute Gasteiger partial charge is 0.494 e. The first kappa shape index (κ1) is 17.0. The summed E-state index contributed by atoms with van der Waals surface area (Å²) in [6, 6.07) is 11.0. The van der Waals surface area contributed by atoms with Gasteiger partial charge in [-0.15, -0.1) is 0 Å². The number of hydrogen-bond acceptors (Lipinski definition) is 6. The van der Waals surface area contributed by atoms with Gasteiger partial charge in [0.05, 0.1) is 25.1 Å². The maximum Gasteiger partial charge on any atom is 0.267 e. The van der Waals surface area contributed by atoms with Crippen LogP contribution in [0, 0.1) is 6.92 Å². The van der Waals surface area contributed by atoms with Crippen LogP contribution in [0.4, 0.5) is 10.8 Å². The van der Waals surface area contributed by atoms with Crippen molar-refractivity contribution in [2.75, 3.05) is 17.2 Å². The Morgan fingerprint density at radius 2 is 2.08 bits per heavy atom. The van der Waals surface area contributed by atoms with Crippen LogP contribution in [0.5, 0.6) is 5.75 Å². The molecule has 0 atom stereocenters. The molecule has 2 N–H and O–H groups in total. The maximum atomic E-state index is 12.5. The van der Waals surface area contributed by atoms with Crippen molar-refractivity contribution in [3.8, 4) is 5.75 Å². The molecule has 1 aromatic carbocycles. The van der Waals surface area contributed by atoms with Crippen LogP contribution in [0.25, 0.3) is 0 Å². The highest BCUT2D eigenvalue weighted by Gasteiger charge is 2.15. The number of thiazole rings is 1. The highest BCUT2D eigenvalue weighted by atomic mass is 32.1. The Kier molecular flexibility index (Phi) is 5.35. The van der Waals surface area contributed by atoms with Crippen molar-refractivity contribution in [2.45, 2.75) is 20.4 Å². The second-order valence-electron chi connectivity index (χ2n) is 5.28. The molecule has 2 aromatic heterocycles. The molecule has 0 radical (unpaired) electrons. The number of furan rings is 1. The Bertz CT molecular complexity index is 826. The molecule has 0 aliphatic carbocycles. The van der Waals surface area contributed by atoms with Crippen molar-refractivity contribution in [1.29, 1.82) is 0 Å². The number of nitrogens with zero attached hydrogens (tertiary/aromatic N) is 1. The SMILES string of the molecule is CCOc1ccc(NC(=O)c2sc(NCc3ccco3)nc2C)cc1. The molecule has 3 aromatic rings. The quantitative estimate of drug-likeness (QED) is 0.659. The second-order valence-corrected chi connectivity index (χ2v) is 6.28. The Balaban J connectivity index is 1.63. The van der Waals surface area contributed by atoms with Gasteiger partial charge in [-0.1, -0.05) is 11.3 Å². The molecule has 0 aliphatic rings. The molecule has 0 bridgehead atoms. The van der Waals surface area contributed by atoms with E-state index in [2.05, 4.69) is 15.6 Å². The van der Waals surface area contributed by atoms with E-state index in [0.717, 1.165) is 11.5 Å². The summed E-state index contributed by atoms with van der Waals surface area (Å²) in [5.74, 6) is 1.41. The van der Waals surface area contributed by atoms with E-state index in [9.17, 15) is 4.79 Å². The highest BCUT2D eigenvalue weighted by Crippen LogP contribution is 2.25. The van der Waals surface area contributed by atoms with Crippen molar-refractivity contribution in [3.05, 3.63) is 59.0 Å². The van der Waals surface area contributed by atoms with E-state index < -0.39 is 0 Å². The van der Waals surface area contributed by atoms with Gasteiger partial charge in [-0.3, -0.25) is 4.79 Å². The fraction of sp³-hybridized carbons (Fsp3) is 0.222. The lowest BCUT2D eigenvalue weighted by atomic mass is 10.3. The van der Waals surface area contributed by atoms with Crippen molar-refractivity contribution in [3.63, 3.8) is 0 Å². The Morgan fingerprint density at radius 1 is 1.28 bits per heavy atom. The van der Waals surface area contributed by atoms with E-state index in [1.54, 1.807) is 6.26 Å². The molecule has 0 saturated heterocycles. The lowest BCUT2D eigenvalue weighted by Gasteiger charge is -2.06. The minimum absolute atomic E-state index is 0.176. The third-order valence-electron chi connectivity index (χ3n) is 3.42. The summed E-state index contributed by atoms with van der Waals surface area (Å²) in [6.07, 6.45) is 1.62.